The molecule has 0 unspecified atom stereocenters. The van der Waals surface area contributed by atoms with E-state index in [1.165, 1.54) is 31.9 Å². The maximum absolute atomic E-state index is 11.1. The molecule has 1 aliphatic rings. The number of ether oxygens (including phenoxy) is 1. The van der Waals surface area contributed by atoms with Crippen LogP contribution in [0.3, 0.4) is 0 Å². The van der Waals surface area contributed by atoms with Crippen LogP contribution in [-0.4, -0.2) is 39.2 Å². The lowest BCUT2D eigenvalue weighted by atomic mass is 9.64. The number of unbranched alkanes of at least 4 members (excludes halogenated alkanes) is 1. The number of aliphatic imine (C=N–C) groups is 1. The monoisotopic (exact) mass is 459 g/mol. The summed E-state index contributed by atoms with van der Waals surface area (Å²) in [7, 11) is 3.22. The highest BCUT2D eigenvalue weighted by Gasteiger charge is 2.38. The van der Waals surface area contributed by atoms with Gasteiger partial charge in [0.05, 0.1) is 7.11 Å². The van der Waals surface area contributed by atoms with Crippen LogP contribution in [0.2, 0.25) is 0 Å². The Hall–Kier alpha value is -1.31. The van der Waals surface area contributed by atoms with Crippen LogP contribution in [0.4, 0.5) is 0 Å². The zero-order valence-electron chi connectivity index (χ0n) is 15.2. The van der Waals surface area contributed by atoms with Crippen LogP contribution in [0.1, 0.15) is 44.1 Å². The summed E-state index contributed by atoms with van der Waals surface area (Å²) in [5.74, 6) is 0.683. The van der Waals surface area contributed by atoms with Crippen LogP contribution in [-0.2, 0) is 14.9 Å². The van der Waals surface area contributed by atoms with Crippen LogP contribution in [0, 0.1) is 0 Å². The summed E-state index contributed by atoms with van der Waals surface area (Å²) in [6.07, 6.45) is 5.95. The highest BCUT2D eigenvalue weighted by Crippen LogP contribution is 2.43. The molecule has 0 spiro atoms. The second kappa shape index (κ2) is 11.3. The Balaban J connectivity index is 0.00000312. The third-order valence-electron chi connectivity index (χ3n) is 4.84. The number of nitrogens with zero attached hydrogens (tertiary/aromatic N) is 1. The molecule has 0 heterocycles. The van der Waals surface area contributed by atoms with Crippen molar-refractivity contribution in [3.63, 3.8) is 0 Å². The lowest BCUT2D eigenvalue weighted by Gasteiger charge is -2.43. The number of nitrogens with one attached hydrogen (secondary N) is 2. The minimum atomic E-state index is -0.146. The van der Waals surface area contributed by atoms with Gasteiger partial charge in [-0.15, -0.1) is 24.0 Å². The lowest BCUT2D eigenvalue weighted by Crippen LogP contribution is -2.49. The Labute approximate surface area is 168 Å². The molecule has 0 saturated heterocycles. The summed E-state index contributed by atoms with van der Waals surface area (Å²) < 4.78 is 4.64. The van der Waals surface area contributed by atoms with Gasteiger partial charge in [-0.05, 0) is 31.2 Å². The van der Waals surface area contributed by atoms with E-state index in [0.29, 0.717) is 6.42 Å². The normalized spacial score (nSPS) is 15.5. The molecule has 5 nitrogen and oxygen atoms in total. The predicted octanol–water partition coefficient (Wildman–Crippen LogP) is 3.23. The van der Waals surface area contributed by atoms with E-state index >= 15 is 0 Å². The fourth-order valence-corrected chi connectivity index (χ4v) is 3.14. The average Bonchev–Trinajstić information content (AvgIpc) is 2.59. The van der Waals surface area contributed by atoms with Gasteiger partial charge in [-0.3, -0.25) is 9.79 Å². The number of hydrogen-bond acceptors (Lipinski definition) is 3. The second-order valence-electron chi connectivity index (χ2n) is 6.39. The van der Waals surface area contributed by atoms with Gasteiger partial charge < -0.3 is 15.4 Å². The van der Waals surface area contributed by atoms with Crippen molar-refractivity contribution in [3.05, 3.63) is 35.9 Å². The number of hydrogen-bond donors (Lipinski definition) is 2. The standard InChI is InChI=1S/C19H29N3O2.HI/c1-20-18(21-14-7-6-11-17(23)24-2)22-15-19(12-8-13-19)16-9-4-3-5-10-16;/h3-5,9-10H,6-8,11-15H2,1-2H3,(H2,20,21,22);1H. The Morgan fingerprint density at radius 2 is 1.92 bits per heavy atom. The van der Waals surface area contributed by atoms with Gasteiger partial charge in [-0.1, -0.05) is 36.8 Å². The molecule has 2 N–H and O–H groups in total. The summed E-state index contributed by atoms with van der Waals surface area (Å²) in [6.45, 7) is 1.70. The van der Waals surface area contributed by atoms with Crippen LogP contribution >= 0.6 is 24.0 Å². The van der Waals surface area contributed by atoms with Crippen molar-refractivity contribution >= 4 is 35.9 Å². The number of benzene rings is 1. The number of esters is 1. The highest BCUT2D eigenvalue weighted by atomic mass is 127. The summed E-state index contributed by atoms with van der Waals surface area (Å²) in [5, 5.41) is 6.79. The number of guanidine groups is 1. The fraction of sp³-hybridized carbons (Fsp3) is 0.579. The van der Waals surface area contributed by atoms with Crippen LogP contribution in [0.25, 0.3) is 0 Å². The lowest BCUT2D eigenvalue weighted by molar-refractivity contribution is -0.140. The van der Waals surface area contributed by atoms with Gasteiger partial charge in [-0.2, -0.15) is 0 Å². The minimum Gasteiger partial charge on any atom is -0.469 e. The van der Waals surface area contributed by atoms with Crippen molar-refractivity contribution in [1.29, 1.82) is 0 Å². The summed E-state index contributed by atoms with van der Waals surface area (Å²) >= 11 is 0. The van der Waals surface area contributed by atoms with Gasteiger partial charge in [0.1, 0.15) is 0 Å². The summed E-state index contributed by atoms with van der Waals surface area (Å²) in [6, 6.07) is 10.7. The van der Waals surface area contributed by atoms with Gasteiger partial charge in [0.25, 0.3) is 0 Å². The Morgan fingerprint density at radius 3 is 2.48 bits per heavy atom. The van der Waals surface area contributed by atoms with Gasteiger partial charge in [0.2, 0.25) is 0 Å². The first-order valence-corrected chi connectivity index (χ1v) is 8.77. The zero-order valence-corrected chi connectivity index (χ0v) is 17.5. The van der Waals surface area contributed by atoms with E-state index in [1.54, 1.807) is 7.05 Å². The van der Waals surface area contributed by atoms with E-state index in [1.807, 2.05) is 0 Å². The number of rotatable bonds is 8. The minimum absolute atomic E-state index is 0. The molecule has 0 bridgehead atoms. The smallest absolute Gasteiger partial charge is 0.305 e. The van der Waals surface area contributed by atoms with Crippen molar-refractivity contribution < 1.29 is 9.53 Å². The molecule has 0 radical (unpaired) electrons. The van der Waals surface area contributed by atoms with Gasteiger partial charge in [0, 0.05) is 32.0 Å². The molecule has 0 aliphatic heterocycles. The number of carbonyl (C=O) groups is 1. The van der Waals surface area contributed by atoms with E-state index in [2.05, 4.69) is 50.7 Å². The fourth-order valence-electron chi connectivity index (χ4n) is 3.14. The average molecular weight is 459 g/mol. The largest absolute Gasteiger partial charge is 0.469 e. The highest BCUT2D eigenvalue weighted by molar-refractivity contribution is 14.0. The molecule has 0 aromatic heterocycles. The molecule has 25 heavy (non-hydrogen) atoms. The maximum Gasteiger partial charge on any atom is 0.305 e. The molecule has 1 aliphatic carbocycles. The Bertz CT molecular complexity index is 545. The molecular weight excluding hydrogens is 429 g/mol. The van der Waals surface area contributed by atoms with E-state index in [9.17, 15) is 4.79 Å². The number of methoxy groups -OCH3 is 1. The first kappa shape index (κ1) is 21.7. The van der Waals surface area contributed by atoms with Crippen LogP contribution in [0.5, 0.6) is 0 Å². The van der Waals surface area contributed by atoms with Crippen LogP contribution < -0.4 is 10.6 Å². The van der Waals surface area contributed by atoms with Gasteiger partial charge in [-0.25, -0.2) is 0 Å². The number of halogens is 1. The first-order chi connectivity index (χ1) is 11.7. The SMILES string of the molecule is CN=C(NCCCCC(=O)OC)NCC1(c2ccccc2)CCC1.I. The predicted molar refractivity (Wildman–Crippen MR) is 113 cm³/mol. The molecule has 2 rings (SSSR count). The molecule has 1 fully saturated rings. The quantitative estimate of drug-likeness (QED) is 0.206. The molecule has 6 heteroatoms. The molecule has 1 saturated carbocycles. The van der Waals surface area contributed by atoms with Crippen molar-refractivity contribution in [3.8, 4) is 0 Å². The van der Waals surface area contributed by atoms with Crippen molar-refractivity contribution in [2.24, 2.45) is 4.99 Å². The van der Waals surface area contributed by atoms with E-state index in [4.69, 9.17) is 0 Å². The Kier molecular flexibility index (Phi) is 9.85. The van der Waals surface area contributed by atoms with E-state index in [-0.39, 0.29) is 35.4 Å². The second-order valence-corrected chi connectivity index (χ2v) is 6.39. The number of carbonyl (C=O) groups excluding carboxylic acids is 1. The maximum atomic E-state index is 11.1. The summed E-state index contributed by atoms with van der Waals surface area (Å²) in [5.41, 5.74) is 1.65. The van der Waals surface area contributed by atoms with Crippen molar-refractivity contribution in [1.82, 2.24) is 10.6 Å². The van der Waals surface area contributed by atoms with E-state index in [0.717, 1.165) is 31.9 Å². The molecule has 0 atom stereocenters. The Morgan fingerprint density at radius 1 is 1.20 bits per heavy atom. The molecule has 1 aromatic carbocycles. The third-order valence-corrected chi connectivity index (χ3v) is 4.84. The third kappa shape index (κ3) is 6.49. The summed E-state index contributed by atoms with van der Waals surface area (Å²) in [4.78, 5) is 15.4. The van der Waals surface area contributed by atoms with E-state index < -0.39 is 0 Å². The van der Waals surface area contributed by atoms with Crippen LogP contribution in [0.15, 0.2) is 35.3 Å². The van der Waals surface area contributed by atoms with Crippen molar-refractivity contribution in [2.45, 2.75) is 43.9 Å². The zero-order chi connectivity index (χ0) is 17.3. The molecule has 140 valence electrons. The molecular formula is C19H30IN3O2. The van der Waals surface area contributed by atoms with Gasteiger partial charge >= 0.3 is 5.97 Å². The molecule has 0 amide bonds. The molecule has 1 aromatic rings. The topological polar surface area (TPSA) is 62.7 Å². The van der Waals surface area contributed by atoms with Gasteiger partial charge in [0.15, 0.2) is 5.96 Å². The first-order valence-electron chi connectivity index (χ1n) is 8.77. The van der Waals surface area contributed by atoms with Crippen molar-refractivity contribution in [2.75, 3.05) is 27.2 Å².